The first kappa shape index (κ1) is 18.9. The smallest absolute Gasteiger partial charge is 0.359 e. The maximum absolute atomic E-state index is 13.3. The van der Waals surface area contributed by atoms with E-state index in [1.54, 1.807) is 12.1 Å². The Morgan fingerprint density at radius 3 is 2.21 bits per heavy atom. The van der Waals surface area contributed by atoms with E-state index < -0.39 is 11.9 Å². The van der Waals surface area contributed by atoms with E-state index in [1.165, 1.54) is 0 Å². The highest BCUT2D eigenvalue weighted by atomic mass is 19.3. The average Bonchev–Trinajstić information content (AvgIpc) is 3.17. The molecule has 1 aliphatic rings. The van der Waals surface area contributed by atoms with Crippen LogP contribution in [-0.4, -0.2) is 45.5 Å². The number of nitrogens with one attached hydrogen (secondary N) is 1. The van der Waals surface area contributed by atoms with Gasteiger partial charge in [0, 0.05) is 31.6 Å². The van der Waals surface area contributed by atoms with Gasteiger partial charge in [0.25, 0.3) is 11.8 Å². The SMILES string of the molecule is O=C(O)c1[nH]nnc1Oc1ccc(-c2ccc(N3CCC(F)(F)CC3)cc2)cc1. The molecular formula is C20H18F2N4O3. The zero-order valence-electron chi connectivity index (χ0n) is 15.3. The van der Waals surface area contributed by atoms with Gasteiger partial charge in [-0.15, -0.1) is 0 Å². The zero-order valence-corrected chi connectivity index (χ0v) is 15.3. The summed E-state index contributed by atoms with van der Waals surface area (Å²) in [6.07, 6.45) is -0.239. The molecule has 0 amide bonds. The fraction of sp³-hybridized carbons (Fsp3) is 0.250. The molecule has 4 rings (SSSR count). The van der Waals surface area contributed by atoms with Crippen LogP contribution in [-0.2, 0) is 0 Å². The van der Waals surface area contributed by atoms with Crippen LogP contribution in [0, 0.1) is 0 Å². The molecule has 1 aliphatic heterocycles. The van der Waals surface area contributed by atoms with Gasteiger partial charge in [-0.05, 0) is 35.4 Å². The number of rotatable bonds is 5. The molecule has 7 nitrogen and oxygen atoms in total. The summed E-state index contributed by atoms with van der Waals surface area (Å²) in [7, 11) is 0. The van der Waals surface area contributed by atoms with Crippen molar-refractivity contribution in [2.75, 3.05) is 18.0 Å². The lowest BCUT2D eigenvalue weighted by molar-refractivity contribution is -0.0220. The van der Waals surface area contributed by atoms with Crippen LogP contribution in [0.2, 0.25) is 0 Å². The van der Waals surface area contributed by atoms with Gasteiger partial charge >= 0.3 is 5.97 Å². The summed E-state index contributed by atoms with van der Waals surface area (Å²) in [5.41, 5.74) is 2.61. The van der Waals surface area contributed by atoms with Gasteiger partial charge in [-0.2, -0.15) is 0 Å². The van der Waals surface area contributed by atoms with E-state index in [0.29, 0.717) is 18.8 Å². The Morgan fingerprint density at radius 2 is 1.62 bits per heavy atom. The third-order valence-corrected chi connectivity index (χ3v) is 4.86. The summed E-state index contributed by atoms with van der Waals surface area (Å²) in [5, 5.41) is 18.4. The number of nitrogens with zero attached hydrogens (tertiary/aromatic N) is 3. The fourth-order valence-electron chi connectivity index (χ4n) is 3.21. The zero-order chi connectivity index (χ0) is 20.4. The molecule has 1 aromatic heterocycles. The summed E-state index contributed by atoms with van der Waals surface area (Å²) in [6.45, 7) is 0.692. The summed E-state index contributed by atoms with van der Waals surface area (Å²) in [6, 6.07) is 14.8. The van der Waals surface area contributed by atoms with Crippen molar-refractivity contribution in [1.82, 2.24) is 15.4 Å². The molecule has 0 bridgehead atoms. The van der Waals surface area contributed by atoms with Gasteiger partial charge in [-0.25, -0.2) is 18.7 Å². The van der Waals surface area contributed by atoms with E-state index in [9.17, 15) is 13.6 Å². The Kier molecular flexibility index (Phi) is 4.87. The first-order valence-electron chi connectivity index (χ1n) is 9.07. The Bertz CT molecular complexity index is 993. The molecule has 0 atom stereocenters. The number of hydrogen-bond donors (Lipinski definition) is 2. The molecule has 1 fully saturated rings. The van der Waals surface area contributed by atoms with Crippen LogP contribution in [0.25, 0.3) is 11.1 Å². The topological polar surface area (TPSA) is 91.3 Å². The Morgan fingerprint density at radius 1 is 1.03 bits per heavy atom. The number of ether oxygens (including phenoxy) is 1. The number of aromatic carboxylic acids is 1. The Labute approximate surface area is 164 Å². The number of H-pyrrole nitrogens is 1. The minimum absolute atomic E-state index is 0.110. The molecule has 3 aromatic rings. The largest absolute Gasteiger partial charge is 0.476 e. The van der Waals surface area contributed by atoms with Crippen molar-refractivity contribution >= 4 is 11.7 Å². The number of piperidine rings is 1. The molecule has 0 unspecified atom stereocenters. The summed E-state index contributed by atoms with van der Waals surface area (Å²) in [5.74, 6) is -3.45. The molecule has 0 aliphatic carbocycles. The number of benzene rings is 2. The van der Waals surface area contributed by atoms with Crippen LogP contribution in [0.1, 0.15) is 23.3 Å². The first-order chi connectivity index (χ1) is 13.9. The molecule has 150 valence electrons. The standard InChI is InChI=1S/C20H18F2N4O3/c21-20(22)9-11-26(12-10-20)15-5-1-13(2-6-15)14-3-7-16(8-4-14)29-18-17(19(27)28)23-25-24-18/h1-8H,9-12H2,(H,27,28)(H,23,24,25). The monoisotopic (exact) mass is 400 g/mol. The van der Waals surface area contributed by atoms with Crippen molar-refractivity contribution in [2.45, 2.75) is 18.8 Å². The van der Waals surface area contributed by atoms with E-state index in [-0.39, 0.29) is 24.4 Å². The lowest BCUT2D eigenvalue weighted by Gasteiger charge is -2.33. The van der Waals surface area contributed by atoms with Crippen LogP contribution >= 0.6 is 0 Å². The van der Waals surface area contributed by atoms with Crippen molar-refractivity contribution in [1.29, 1.82) is 0 Å². The molecule has 0 saturated carbocycles. The Hall–Kier alpha value is -3.49. The number of alkyl halides is 2. The van der Waals surface area contributed by atoms with Crippen molar-refractivity contribution in [3.8, 4) is 22.8 Å². The molecular weight excluding hydrogens is 382 g/mol. The van der Waals surface area contributed by atoms with Crippen LogP contribution in [0.4, 0.5) is 14.5 Å². The van der Waals surface area contributed by atoms with Crippen molar-refractivity contribution in [3.05, 3.63) is 54.2 Å². The number of hydrogen-bond acceptors (Lipinski definition) is 5. The summed E-state index contributed by atoms with van der Waals surface area (Å²) >= 11 is 0. The molecule has 9 heteroatoms. The quantitative estimate of drug-likeness (QED) is 0.667. The van der Waals surface area contributed by atoms with Gasteiger partial charge in [0.15, 0.2) is 0 Å². The number of halogens is 2. The van der Waals surface area contributed by atoms with Gasteiger partial charge in [0.1, 0.15) is 5.75 Å². The molecule has 29 heavy (non-hydrogen) atoms. The molecule has 1 saturated heterocycles. The lowest BCUT2D eigenvalue weighted by Crippen LogP contribution is -2.39. The van der Waals surface area contributed by atoms with Gasteiger partial charge in [0.2, 0.25) is 5.69 Å². The second-order valence-corrected chi connectivity index (χ2v) is 6.81. The van der Waals surface area contributed by atoms with E-state index >= 15 is 0 Å². The van der Waals surface area contributed by atoms with Crippen molar-refractivity contribution in [2.24, 2.45) is 0 Å². The molecule has 2 aromatic carbocycles. The van der Waals surface area contributed by atoms with Gasteiger partial charge < -0.3 is 14.7 Å². The minimum atomic E-state index is -2.56. The summed E-state index contributed by atoms with van der Waals surface area (Å²) < 4.78 is 32.1. The number of aromatic nitrogens is 3. The highest BCUT2D eigenvalue weighted by molar-refractivity contribution is 5.87. The molecule has 0 spiro atoms. The number of carbonyl (C=O) groups is 1. The number of carboxylic acid groups (broad SMARTS) is 1. The normalized spacial score (nSPS) is 15.9. The molecule has 2 heterocycles. The molecule has 0 radical (unpaired) electrons. The van der Waals surface area contributed by atoms with E-state index in [4.69, 9.17) is 9.84 Å². The van der Waals surface area contributed by atoms with Gasteiger partial charge in [0.05, 0.1) is 0 Å². The van der Waals surface area contributed by atoms with E-state index in [1.807, 2.05) is 41.3 Å². The van der Waals surface area contributed by atoms with Gasteiger partial charge in [-0.1, -0.05) is 34.6 Å². The van der Waals surface area contributed by atoms with Gasteiger partial charge in [-0.3, -0.25) is 0 Å². The molecule has 2 N–H and O–H groups in total. The predicted octanol–water partition coefficient (Wildman–Crippen LogP) is 4.20. The number of aromatic amines is 1. The lowest BCUT2D eigenvalue weighted by atomic mass is 10.0. The van der Waals surface area contributed by atoms with Crippen LogP contribution in [0.3, 0.4) is 0 Å². The second kappa shape index (κ2) is 7.50. The highest BCUT2D eigenvalue weighted by Crippen LogP contribution is 2.32. The van der Waals surface area contributed by atoms with Crippen molar-refractivity contribution < 1.29 is 23.4 Å². The summed E-state index contributed by atoms with van der Waals surface area (Å²) in [4.78, 5) is 13.0. The van der Waals surface area contributed by atoms with Crippen molar-refractivity contribution in [3.63, 3.8) is 0 Å². The fourth-order valence-corrected chi connectivity index (χ4v) is 3.21. The number of anilines is 1. The average molecular weight is 400 g/mol. The minimum Gasteiger partial charge on any atom is -0.476 e. The third kappa shape index (κ3) is 4.18. The van der Waals surface area contributed by atoms with E-state index in [0.717, 1.165) is 16.8 Å². The number of carboxylic acids is 1. The third-order valence-electron chi connectivity index (χ3n) is 4.86. The van der Waals surface area contributed by atoms with Crippen LogP contribution in [0.5, 0.6) is 11.6 Å². The maximum atomic E-state index is 13.3. The second-order valence-electron chi connectivity index (χ2n) is 6.81. The first-order valence-corrected chi connectivity index (χ1v) is 9.07. The van der Waals surface area contributed by atoms with E-state index in [2.05, 4.69) is 15.4 Å². The Balaban J connectivity index is 1.44. The maximum Gasteiger partial charge on any atom is 0.359 e. The van der Waals surface area contributed by atoms with Crippen LogP contribution in [0.15, 0.2) is 48.5 Å². The highest BCUT2D eigenvalue weighted by Gasteiger charge is 2.33. The van der Waals surface area contributed by atoms with Crippen LogP contribution < -0.4 is 9.64 Å². The predicted molar refractivity (Wildman–Crippen MR) is 102 cm³/mol.